The lowest BCUT2D eigenvalue weighted by Gasteiger charge is -2.26. The number of aromatic nitrogens is 1. The van der Waals surface area contributed by atoms with E-state index in [1.165, 1.54) is 0 Å². The zero-order chi connectivity index (χ0) is 19.2. The average molecular weight is 373 g/mol. The van der Waals surface area contributed by atoms with Crippen LogP contribution in [0, 0.1) is 0 Å². The number of nitrogens with zero attached hydrogens (tertiary/aromatic N) is 2. The lowest BCUT2D eigenvalue weighted by molar-refractivity contribution is 0.0303. The van der Waals surface area contributed by atoms with Crippen LogP contribution < -0.4 is 19.5 Å². The predicted octanol–water partition coefficient (Wildman–Crippen LogP) is 2.32. The number of hydrogen-bond acceptors (Lipinski definition) is 7. The molecule has 1 aliphatic rings. The Morgan fingerprint density at radius 3 is 2.33 bits per heavy atom. The van der Waals surface area contributed by atoms with Gasteiger partial charge in [-0.05, 0) is 12.1 Å². The van der Waals surface area contributed by atoms with Crippen LogP contribution in [-0.4, -0.2) is 63.4 Å². The second kappa shape index (κ2) is 8.59. The van der Waals surface area contributed by atoms with E-state index in [2.05, 4.69) is 10.3 Å². The van der Waals surface area contributed by atoms with E-state index < -0.39 is 0 Å². The minimum atomic E-state index is -0.0337. The van der Waals surface area contributed by atoms with Crippen molar-refractivity contribution in [2.75, 3.05) is 52.9 Å². The maximum absolute atomic E-state index is 12.6. The van der Waals surface area contributed by atoms with E-state index in [0.29, 0.717) is 60.6 Å². The van der Waals surface area contributed by atoms with E-state index in [1.807, 2.05) is 0 Å². The summed E-state index contributed by atoms with van der Waals surface area (Å²) < 4.78 is 21.3. The molecule has 0 aliphatic carbocycles. The van der Waals surface area contributed by atoms with Gasteiger partial charge in [0.1, 0.15) is 5.82 Å². The molecule has 1 saturated heterocycles. The molecule has 8 nitrogen and oxygen atoms in total. The Morgan fingerprint density at radius 2 is 1.74 bits per heavy atom. The average Bonchev–Trinajstić information content (AvgIpc) is 2.73. The van der Waals surface area contributed by atoms with Crippen LogP contribution in [0.4, 0.5) is 11.5 Å². The molecule has 27 heavy (non-hydrogen) atoms. The first-order valence-electron chi connectivity index (χ1n) is 8.56. The van der Waals surface area contributed by atoms with Gasteiger partial charge < -0.3 is 29.2 Å². The zero-order valence-electron chi connectivity index (χ0n) is 15.7. The first-order valence-corrected chi connectivity index (χ1v) is 8.56. The highest BCUT2D eigenvalue weighted by molar-refractivity contribution is 5.95. The molecule has 1 aromatic heterocycles. The molecule has 0 unspecified atom stereocenters. The number of carbonyl (C=O) groups is 1. The molecule has 2 aromatic rings. The molecular weight excluding hydrogens is 350 g/mol. The summed E-state index contributed by atoms with van der Waals surface area (Å²) in [6.45, 7) is 2.31. The van der Waals surface area contributed by atoms with Crippen molar-refractivity contribution in [2.45, 2.75) is 0 Å². The lowest BCUT2D eigenvalue weighted by atomic mass is 10.2. The van der Waals surface area contributed by atoms with Crippen molar-refractivity contribution >= 4 is 17.4 Å². The molecule has 8 heteroatoms. The van der Waals surface area contributed by atoms with E-state index >= 15 is 0 Å². The van der Waals surface area contributed by atoms with Gasteiger partial charge in [0, 0.05) is 42.7 Å². The number of benzene rings is 1. The van der Waals surface area contributed by atoms with Crippen LogP contribution in [-0.2, 0) is 4.74 Å². The van der Waals surface area contributed by atoms with Crippen molar-refractivity contribution in [1.82, 2.24) is 9.88 Å². The normalized spacial score (nSPS) is 13.8. The van der Waals surface area contributed by atoms with E-state index in [-0.39, 0.29) is 5.91 Å². The maximum Gasteiger partial charge on any atom is 0.254 e. The number of rotatable bonds is 6. The molecule has 2 heterocycles. The van der Waals surface area contributed by atoms with Crippen LogP contribution in [0.1, 0.15) is 10.4 Å². The van der Waals surface area contributed by atoms with Gasteiger partial charge >= 0.3 is 0 Å². The first-order chi connectivity index (χ1) is 13.2. The van der Waals surface area contributed by atoms with Gasteiger partial charge in [0.2, 0.25) is 5.75 Å². The summed E-state index contributed by atoms with van der Waals surface area (Å²) in [6, 6.07) is 6.98. The smallest absolute Gasteiger partial charge is 0.254 e. The molecule has 0 spiro atoms. The summed E-state index contributed by atoms with van der Waals surface area (Å²) in [7, 11) is 4.66. The maximum atomic E-state index is 12.6. The van der Waals surface area contributed by atoms with Crippen molar-refractivity contribution in [2.24, 2.45) is 0 Å². The van der Waals surface area contributed by atoms with Gasteiger partial charge in [0.05, 0.1) is 34.5 Å². The number of pyridine rings is 1. The van der Waals surface area contributed by atoms with Crippen molar-refractivity contribution in [3.8, 4) is 17.2 Å². The molecule has 144 valence electrons. The molecule has 0 atom stereocenters. The third kappa shape index (κ3) is 4.22. The van der Waals surface area contributed by atoms with Crippen molar-refractivity contribution in [3.63, 3.8) is 0 Å². The molecule has 0 radical (unpaired) electrons. The van der Waals surface area contributed by atoms with Crippen LogP contribution in [0.25, 0.3) is 0 Å². The van der Waals surface area contributed by atoms with Crippen molar-refractivity contribution in [3.05, 3.63) is 36.0 Å². The Labute approximate surface area is 158 Å². The van der Waals surface area contributed by atoms with Gasteiger partial charge in [-0.25, -0.2) is 4.98 Å². The summed E-state index contributed by atoms with van der Waals surface area (Å²) in [5, 5.41) is 3.18. The summed E-state index contributed by atoms with van der Waals surface area (Å²) >= 11 is 0. The van der Waals surface area contributed by atoms with Gasteiger partial charge in [-0.1, -0.05) is 0 Å². The largest absolute Gasteiger partial charge is 0.493 e. The fourth-order valence-corrected chi connectivity index (χ4v) is 2.88. The summed E-state index contributed by atoms with van der Waals surface area (Å²) in [6.07, 6.45) is 1.61. The van der Waals surface area contributed by atoms with E-state index in [1.54, 1.807) is 56.7 Å². The van der Waals surface area contributed by atoms with E-state index in [0.717, 1.165) is 0 Å². The summed E-state index contributed by atoms with van der Waals surface area (Å²) in [5.41, 5.74) is 1.27. The standard InChI is InChI=1S/C19H23N3O5/c1-24-15-11-14(12-16(25-2)18(15)26-3)21-17-10-13(4-5-20-17)19(23)22-6-8-27-9-7-22/h4-5,10-12H,6-9H2,1-3H3,(H,20,21). The third-order valence-corrected chi connectivity index (χ3v) is 4.24. The highest BCUT2D eigenvalue weighted by atomic mass is 16.5. The van der Waals surface area contributed by atoms with Crippen molar-refractivity contribution in [1.29, 1.82) is 0 Å². The highest BCUT2D eigenvalue weighted by Crippen LogP contribution is 2.40. The number of nitrogens with one attached hydrogen (secondary N) is 1. The lowest BCUT2D eigenvalue weighted by Crippen LogP contribution is -2.40. The molecule has 0 saturated carbocycles. The number of carbonyl (C=O) groups excluding carboxylic acids is 1. The SMILES string of the molecule is COc1cc(Nc2cc(C(=O)N3CCOCC3)ccn2)cc(OC)c1OC. The van der Waals surface area contributed by atoms with Gasteiger partial charge in [-0.3, -0.25) is 4.79 Å². The molecular formula is C19H23N3O5. The summed E-state index contributed by atoms with van der Waals surface area (Å²) in [4.78, 5) is 18.7. The molecule has 3 rings (SSSR count). The fraction of sp³-hybridized carbons (Fsp3) is 0.368. The first kappa shape index (κ1) is 18.8. The van der Waals surface area contributed by atoms with Crippen LogP contribution >= 0.6 is 0 Å². The predicted molar refractivity (Wildman–Crippen MR) is 100 cm³/mol. The number of anilines is 2. The number of ether oxygens (including phenoxy) is 4. The Morgan fingerprint density at radius 1 is 1.07 bits per heavy atom. The van der Waals surface area contributed by atoms with Crippen LogP contribution in [0.2, 0.25) is 0 Å². The van der Waals surface area contributed by atoms with Crippen LogP contribution in [0.5, 0.6) is 17.2 Å². The Balaban J connectivity index is 1.83. The van der Waals surface area contributed by atoms with Crippen LogP contribution in [0.3, 0.4) is 0 Å². The topological polar surface area (TPSA) is 82.2 Å². The summed E-state index contributed by atoms with van der Waals surface area (Å²) in [5.74, 6) is 2.08. The number of morpholine rings is 1. The van der Waals surface area contributed by atoms with Gasteiger partial charge in [0.15, 0.2) is 11.5 Å². The number of hydrogen-bond donors (Lipinski definition) is 1. The van der Waals surface area contributed by atoms with Gasteiger partial charge in [-0.15, -0.1) is 0 Å². The Hall–Kier alpha value is -3.00. The van der Waals surface area contributed by atoms with Crippen molar-refractivity contribution < 1.29 is 23.7 Å². The van der Waals surface area contributed by atoms with E-state index in [9.17, 15) is 4.79 Å². The second-order valence-corrected chi connectivity index (χ2v) is 5.87. The third-order valence-electron chi connectivity index (χ3n) is 4.24. The fourth-order valence-electron chi connectivity index (χ4n) is 2.88. The molecule has 0 bridgehead atoms. The van der Waals surface area contributed by atoms with Gasteiger partial charge in [0.25, 0.3) is 5.91 Å². The number of methoxy groups -OCH3 is 3. The quantitative estimate of drug-likeness (QED) is 0.832. The highest BCUT2D eigenvalue weighted by Gasteiger charge is 2.19. The minimum Gasteiger partial charge on any atom is -0.493 e. The Bertz CT molecular complexity index is 781. The van der Waals surface area contributed by atoms with Crippen LogP contribution in [0.15, 0.2) is 30.5 Å². The minimum absolute atomic E-state index is 0.0337. The van der Waals surface area contributed by atoms with Gasteiger partial charge in [-0.2, -0.15) is 0 Å². The molecule has 1 amide bonds. The molecule has 1 aliphatic heterocycles. The molecule has 1 aromatic carbocycles. The van der Waals surface area contributed by atoms with E-state index in [4.69, 9.17) is 18.9 Å². The monoisotopic (exact) mass is 373 g/mol. The zero-order valence-corrected chi connectivity index (χ0v) is 15.7. The Kier molecular flexibility index (Phi) is 5.97. The molecule has 1 fully saturated rings. The molecule has 1 N–H and O–H groups in total. The number of amides is 1. The second-order valence-electron chi connectivity index (χ2n) is 5.87.